The van der Waals surface area contributed by atoms with Crippen LogP contribution in [0, 0.1) is 0 Å². The first-order valence-corrected chi connectivity index (χ1v) is 8.97. The number of aromatic nitrogens is 5. The minimum atomic E-state index is 0.434. The van der Waals surface area contributed by atoms with Crippen molar-refractivity contribution in [2.45, 2.75) is 25.3 Å². The van der Waals surface area contributed by atoms with Gasteiger partial charge in [0.15, 0.2) is 0 Å². The summed E-state index contributed by atoms with van der Waals surface area (Å²) in [5.74, 6) is 2.36. The van der Waals surface area contributed by atoms with Crippen LogP contribution in [-0.4, -0.2) is 50.1 Å². The number of aromatic amines is 1. The Kier molecular flexibility index (Phi) is 4.71. The van der Waals surface area contributed by atoms with Crippen molar-refractivity contribution in [3.63, 3.8) is 0 Å². The molecule has 1 saturated heterocycles. The first-order valence-electron chi connectivity index (χ1n) is 8.97. The van der Waals surface area contributed by atoms with E-state index >= 15 is 0 Å². The van der Waals surface area contributed by atoms with Crippen LogP contribution in [0.3, 0.4) is 0 Å². The van der Waals surface area contributed by atoms with Gasteiger partial charge in [0, 0.05) is 37.2 Å². The van der Waals surface area contributed by atoms with Crippen LogP contribution in [0.1, 0.15) is 30.1 Å². The summed E-state index contributed by atoms with van der Waals surface area (Å²) in [6.45, 7) is 2.96. The lowest BCUT2D eigenvalue weighted by atomic mass is 9.96. The summed E-state index contributed by atoms with van der Waals surface area (Å²) < 4.78 is 7.38. The fourth-order valence-electron chi connectivity index (χ4n) is 3.77. The fraction of sp³-hybridized carbons (Fsp3) is 0.421. The normalized spacial score (nSPS) is 18.2. The van der Waals surface area contributed by atoms with E-state index < -0.39 is 0 Å². The summed E-state index contributed by atoms with van der Waals surface area (Å²) in [4.78, 5) is 2.48. The van der Waals surface area contributed by atoms with Crippen molar-refractivity contribution in [1.82, 2.24) is 29.9 Å². The lowest BCUT2D eigenvalue weighted by Gasteiger charge is -2.32. The topological polar surface area (TPSA) is 71.9 Å². The number of likely N-dealkylation sites (tertiary alicyclic amines) is 1. The summed E-state index contributed by atoms with van der Waals surface area (Å²) >= 11 is 0. The third-order valence-corrected chi connectivity index (χ3v) is 5.09. The number of aryl methyl sites for hydroxylation is 1. The van der Waals surface area contributed by atoms with Crippen molar-refractivity contribution >= 4 is 0 Å². The van der Waals surface area contributed by atoms with E-state index in [1.807, 2.05) is 36.0 Å². The van der Waals surface area contributed by atoms with Crippen LogP contribution in [0.4, 0.5) is 0 Å². The van der Waals surface area contributed by atoms with E-state index in [1.54, 1.807) is 13.4 Å². The van der Waals surface area contributed by atoms with Crippen LogP contribution in [0.5, 0.6) is 5.75 Å². The number of ether oxygens (including phenoxy) is 1. The molecule has 1 atom stereocenters. The molecule has 7 heteroatoms. The minimum absolute atomic E-state index is 0.434. The highest BCUT2D eigenvalue weighted by Gasteiger charge is 2.25. The summed E-state index contributed by atoms with van der Waals surface area (Å²) in [5, 5.41) is 15.8. The lowest BCUT2D eigenvalue weighted by Crippen LogP contribution is -2.34. The van der Waals surface area contributed by atoms with Crippen molar-refractivity contribution < 1.29 is 4.74 Å². The van der Waals surface area contributed by atoms with Gasteiger partial charge in [-0.05, 0) is 31.5 Å². The van der Waals surface area contributed by atoms with Crippen LogP contribution in [-0.2, 0) is 13.6 Å². The van der Waals surface area contributed by atoms with E-state index in [2.05, 4.69) is 31.4 Å². The Bertz CT molecular complexity index is 870. The molecule has 3 aromatic rings. The minimum Gasteiger partial charge on any atom is -0.497 e. The van der Waals surface area contributed by atoms with Gasteiger partial charge in [0.1, 0.15) is 17.9 Å². The number of nitrogens with one attached hydrogen (secondary N) is 1. The van der Waals surface area contributed by atoms with Crippen LogP contribution in [0.25, 0.3) is 11.3 Å². The van der Waals surface area contributed by atoms with Gasteiger partial charge < -0.3 is 9.30 Å². The number of nitrogens with zero attached hydrogens (tertiary/aromatic N) is 5. The number of benzene rings is 1. The molecule has 0 aliphatic carbocycles. The number of hydrogen-bond donors (Lipinski definition) is 1. The molecule has 1 aliphatic heterocycles. The molecule has 7 nitrogen and oxygen atoms in total. The molecular formula is C19H24N6O. The van der Waals surface area contributed by atoms with Crippen LogP contribution < -0.4 is 4.74 Å². The maximum atomic E-state index is 5.35. The van der Waals surface area contributed by atoms with Gasteiger partial charge in [-0.2, -0.15) is 5.10 Å². The molecule has 1 aromatic carbocycles. The third kappa shape index (κ3) is 3.35. The Balaban J connectivity index is 1.51. The van der Waals surface area contributed by atoms with Gasteiger partial charge in [-0.15, -0.1) is 10.2 Å². The highest BCUT2D eigenvalue weighted by atomic mass is 16.5. The van der Waals surface area contributed by atoms with Gasteiger partial charge in [-0.25, -0.2) is 0 Å². The molecule has 0 radical (unpaired) electrons. The Labute approximate surface area is 153 Å². The Morgan fingerprint density at radius 3 is 3.08 bits per heavy atom. The first-order chi connectivity index (χ1) is 12.7. The van der Waals surface area contributed by atoms with Crippen molar-refractivity contribution in [2.75, 3.05) is 20.2 Å². The molecule has 26 heavy (non-hydrogen) atoms. The molecule has 3 heterocycles. The van der Waals surface area contributed by atoms with Gasteiger partial charge >= 0.3 is 0 Å². The van der Waals surface area contributed by atoms with Crippen LogP contribution in [0.2, 0.25) is 0 Å². The molecule has 1 aliphatic rings. The average molecular weight is 352 g/mol. The number of methoxy groups -OCH3 is 1. The van der Waals surface area contributed by atoms with E-state index in [1.165, 1.54) is 12.0 Å². The van der Waals surface area contributed by atoms with Crippen LogP contribution in [0.15, 0.2) is 36.8 Å². The Morgan fingerprint density at radius 1 is 1.35 bits per heavy atom. The van der Waals surface area contributed by atoms with Crippen molar-refractivity contribution in [3.05, 3.63) is 48.2 Å². The molecule has 0 amide bonds. The zero-order valence-corrected chi connectivity index (χ0v) is 15.2. The van der Waals surface area contributed by atoms with Crippen molar-refractivity contribution in [2.24, 2.45) is 7.05 Å². The van der Waals surface area contributed by atoms with E-state index in [4.69, 9.17) is 4.74 Å². The number of hydrogen-bond acceptors (Lipinski definition) is 5. The average Bonchev–Trinajstić information content (AvgIpc) is 3.31. The zero-order chi connectivity index (χ0) is 17.9. The van der Waals surface area contributed by atoms with Gasteiger partial charge in [0.05, 0.1) is 19.0 Å². The van der Waals surface area contributed by atoms with Crippen LogP contribution >= 0.6 is 0 Å². The number of piperidine rings is 1. The van der Waals surface area contributed by atoms with Gasteiger partial charge in [-0.3, -0.25) is 10.00 Å². The predicted molar refractivity (Wildman–Crippen MR) is 98.8 cm³/mol. The maximum Gasteiger partial charge on any atom is 0.136 e. The van der Waals surface area contributed by atoms with E-state index in [0.29, 0.717) is 5.92 Å². The Morgan fingerprint density at radius 2 is 2.27 bits per heavy atom. The smallest absolute Gasteiger partial charge is 0.136 e. The highest BCUT2D eigenvalue weighted by molar-refractivity contribution is 5.64. The van der Waals surface area contributed by atoms with Crippen molar-refractivity contribution in [3.8, 4) is 17.0 Å². The summed E-state index contributed by atoms with van der Waals surface area (Å²) in [6, 6.07) is 8.08. The second-order valence-corrected chi connectivity index (χ2v) is 6.88. The van der Waals surface area contributed by atoms with Gasteiger partial charge in [0.2, 0.25) is 0 Å². The molecule has 1 fully saturated rings. The van der Waals surface area contributed by atoms with E-state index in [-0.39, 0.29) is 0 Å². The third-order valence-electron chi connectivity index (χ3n) is 5.09. The number of H-pyrrole nitrogens is 1. The van der Waals surface area contributed by atoms with Gasteiger partial charge in [-0.1, -0.05) is 12.1 Å². The standard InChI is InChI=1S/C19H24N6O/c1-24-13-21-23-19(24)15-6-4-8-25(11-15)12-16-10-20-22-18(16)14-5-3-7-17(9-14)26-2/h3,5,7,9-10,13,15H,4,6,8,11-12H2,1-2H3,(H,20,22). The summed E-state index contributed by atoms with van der Waals surface area (Å²) in [6.07, 6.45) is 6.05. The molecule has 136 valence electrons. The Hall–Kier alpha value is -2.67. The molecule has 4 rings (SSSR count). The quantitative estimate of drug-likeness (QED) is 0.764. The lowest BCUT2D eigenvalue weighted by molar-refractivity contribution is 0.195. The summed E-state index contributed by atoms with van der Waals surface area (Å²) in [5.41, 5.74) is 3.36. The summed E-state index contributed by atoms with van der Waals surface area (Å²) in [7, 11) is 3.71. The molecule has 0 saturated carbocycles. The maximum absolute atomic E-state index is 5.35. The fourth-order valence-corrected chi connectivity index (χ4v) is 3.77. The molecule has 1 unspecified atom stereocenters. The number of rotatable bonds is 5. The molecular weight excluding hydrogens is 328 g/mol. The molecule has 2 aromatic heterocycles. The highest BCUT2D eigenvalue weighted by Crippen LogP contribution is 2.29. The largest absolute Gasteiger partial charge is 0.497 e. The van der Waals surface area contributed by atoms with E-state index in [9.17, 15) is 0 Å². The molecule has 0 bridgehead atoms. The predicted octanol–water partition coefficient (Wildman–Crippen LogP) is 2.59. The van der Waals surface area contributed by atoms with E-state index in [0.717, 1.165) is 48.9 Å². The van der Waals surface area contributed by atoms with Crippen molar-refractivity contribution in [1.29, 1.82) is 0 Å². The van der Waals surface area contributed by atoms with Gasteiger partial charge in [0.25, 0.3) is 0 Å². The second kappa shape index (κ2) is 7.29. The SMILES string of the molecule is COc1cccc(-c2[nH]ncc2CN2CCCC(c3nncn3C)C2)c1. The molecule has 0 spiro atoms. The molecule has 1 N–H and O–H groups in total. The first kappa shape index (κ1) is 16.8. The monoisotopic (exact) mass is 352 g/mol. The zero-order valence-electron chi connectivity index (χ0n) is 15.2. The second-order valence-electron chi connectivity index (χ2n) is 6.88.